The van der Waals surface area contributed by atoms with Crippen LogP contribution in [0.4, 0.5) is 5.82 Å². The Labute approximate surface area is 122 Å². The fraction of sp³-hybridized carbons (Fsp3) is 0.188. The highest BCUT2D eigenvalue weighted by Crippen LogP contribution is 2.11. The van der Waals surface area contributed by atoms with Crippen LogP contribution in [0.3, 0.4) is 0 Å². The molecule has 3 heterocycles. The van der Waals surface area contributed by atoms with Crippen LogP contribution in [0.25, 0.3) is 5.65 Å². The van der Waals surface area contributed by atoms with Crippen molar-refractivity contribution in [1.82, 2.24) is 14.4 Å². The Morgan fingerprint density at radius 2 is 2.14 bits per heavy atom. The molecule has 106 valence electrons. The van der Waals surface area contributed by atoms with Crippen molar-refractivity contribution in [2.45, 2.75) is 20.4 Å². The summed E-state index contributed by atoms with van der Waals surface area (Å²) in [6.07, 6.45) is 3.60. The molecule has 3 aromatic rings. The Morgan fingerprint density at radius 3 is 2.81 bits per heavy atom. The maximum absolute atomic E-state index is 11.2. The number of carbonyl (C=O) groups is 1. The number of Topliss-reactive ketones (excluding diaryl/α,β-unsaturated/α-hetero) is 1. The van der Waals surface area contributed by atoms with E-state index >= 15 is 0 Å². The Hall–Kier alpha value is -2.69. The van der Waals surface area contributed by atoms with Crippen molar-refractivity contribution in [2.24, 2.45) is 0 Å². The second kappa shape index (κ2) is 5.36. The minimum absolute atomic E-state index is 0.0184. The third-order valence-corrected chi connectivity index (χ3v) is 3.37. The lowest BCUT2D eigenvalue weighted by atomic mass is 10.2. The molecule has 3 rings (SSSR count). The summed E-state index contributed by atoms with van der Waals surface area (Å²) in [6, 6.07) is 9.60. The minimum Gasteiger partial charge on any atom is -0.364 e. The second-order valence-electron chi connectivity index (χ2n) is 4.97. The molecule has 0 aliphatic rings. The van der Waals surface area contributed by atoms with Gasteiger partial charge in [-0.05, 0) is 38.1 Å². The first kappa shape index (κ1) is 13.3. The van der Waals surface area contributed by atoms with Gasteiger partial charge in [0.05, 0.1) is 12.2 Å². The molecule has 1 N–H and O–H groups in total. The Bertz CT molecular complexity index is 790. The van der Waals surface area contributed by atoms with E-state index in [1.807, 2.05) is 31.3 Å². The number of ketones is 1. The van der Waals surface area contributed by atoms with Crippen molar-refractivity contribution < 1.29 is 4.79 Å². The molecule has 0 spiro atoms. The van der Waals surface area contributed by atoms with E-state index in [4.69, 9.17) is 0 Å². The molecular formula is C16H16N4O. The van der Waals surface area contributed by atoms with Gasteiger partial charge in [0.1, 0.15) is 11.5 Å². The van der Waals surface area contributed by atoms with Gasteiger partial charge in [0, 0.05) is 23.7 Å². The molecule has 0 fully saturated rings. The first-order valence-corrected chi connectivity index (χ1v) is 6.78. The summed E-state index contributed by atoms with van der Waals surface area (Å²) in [7, 11) is 0. The molecule has 0 saturated carbocycles. The number of rotatable bonds is 4. The van der Waals surface area contributed by atoms with E-state index in [1.54, 1.807) is 18.3 Å². The maximum Gasteiger partial charge on any atom is 0.161 e. The van der Waals surface area contributed by atoms with Gasteiger partial charge in [-0.3, -0.25) is 4.79 Å². The lowest BCUT2D eigenvalue weighted by Crippen LogP contribution is -2.02. The zero-order valence-corrected chi connectivity index (χ0v) is 12.0. The van der Waals surface area contributed by atoms with Gasteiger partial charge in [-0.1, -0.05) is 6.07 Å². The van der Waals surface area contributed by atoms with Gasteiger partial charge in [0.15, 0.2) is 5.78 Å². The standard InChI is InChI=1S/C16H16N4O/c1-11-4-3-5-16-19-14(10-20(11)16)9-18-15-7-6-13(8-17-15)12(2)21/h3-8,10H,9H2,1-2H3,(H,17,18). The number of hydrogen-bond acceptors (Lipinski definition) is 4. The highest BCUT2D eigenvalue weighted by Gasteiger charge is 2.04. The van der Waals surface area contributed by atoms with E-state index in [2.05, 4.69) is 19.7 Å². The number of aromatic nitrogens is 3. The second-order valence-corrected chi connectivity index (χ2v) is 4.97. The number of hydrogen-bond donors (Lipinski definition) is 1. The summed E-state index contributed by atoms with van der Waals surface area (Å²) >= 11 is 0. The average molecular weight is 280 g/mol. The van der Waals surface area contributed by atoms with E-state index in [9.17, 15) is 4.79 Å². The van der Waals surface area contributed by atoms with Gasteiger partial charge in [-0.15, -0.1) is 0 Å². The summed E-state index contributed by atoms with van der Waals surface area (Å²) in [4.78, 5) is 20.0. The van der Waals surface area contributed by atoms with Crippen LogP contribution in [0.15, 0.2) is 42.7 Å². The van der Waals surface area contributed by atoms with Gasteiger partial charge in [-0.25, -0.2) is 9.97 Å². The molecule has 0 aliphatic heterocycles. The monoisotopic (exact) mass is 280 g/mol. The van der Waals surface area contributed by atoms with Crippen LogP contribution in [0.1, 0.15) is 28.7 Å². The van der Waals surface area contributed by atoms with Gasteiger partial charge in [0.25, 0.3) is 0 Å². The van der Waals surface area contributed by atoms with Crippen LogP contribution in [-0.4, -0.2) is 20.2 Å². The van der Waals surface area contributed by atoms with Crippen LogP contribution in [-0.2, 0) is 6.54 Å². The minimum atomic E-state index is 0.0184. The summed E-state index contributed by atoms with van der Waals surface area (Å²) < 4.78 is 2.06. The van der Waals surface area contributed by atoms with Crippen molar-refractivity contribution in [3.05, 3.63) is 59.7 Å². The summed E-state index contributed by atoms with van der Waals surface area (Å²) in [5, 5.41) is 3.21. The Balaban J connectivity index is 1.74. The van der Waals surface area contributed by atoms with Crippen LogP contribution in [0.5, 0.6) is 0 Å². The number of pyridine rings is 2. The number of anilines is 1. The smallest absolute Gasteiger partial charge is 0.161 e. The van der Waals surface area contributed by atoms with Gasteiger partial charge < -0.3 is 9.72 Å². The molecule has 0 radical (unpaired) electrons. The number of fused-ring (bicyclic) bond motifs is 1. The molecule has 0 aromatic carbocycles. The third-order valence-electron chi connectivity index (χ3n) is 3.37. The lowest BCUT2D eigenvalue weighted by molar-refractivity contribution is 0.101. The molecule has 3 aromatic heterocycles. The van der Waals surface area contributed by atoms with E-state index < -0.39 is 0 Å². The number of nitrogens with one attached hydrogen (secondary N) is 1. The van der Waals surface area contributed by atoms with Gasteiger partial charge in [0.2, 0.25) is 0 Å². The van der Waals surface area contributed by atoms with Crippen molar-refractivity contribution in [2.75, 3.05) is 5.32 Å². The number of imidazole rings is 1. The third kappa shape index (κ3) is 2.76. The predicted molar refractivity (Wildman–Crippen MR) is 81.5 cm³/mol. The highest BCUT2D eigenvalue weighted by molar-refractivity contribution is 5.93. The average Bonchev–Trinajstić information content (AvgIpc) is 2.90. The zero-order valence-electron chi connectivity index (χ0n) is 12.0. The Morgan fingerprint density at radius 1 is 1.29 bits per heavy atom. The largest absolute Gasteiger partial charge is 0.364 e. The topological polar surface area (TPSA) is 59.3 Å². The quantitative estimate of drug-likeness (QED) is 0.747. The SMILES string of the molecule is CC(=O)c1ccc(NCc2cn3c(C)cccc3n2)nc1. The van der Waals surface area contributed by atoms with Crippen molar-refractivity contribution in [3.63, 3.8) is 0 Å². The molecule has 0 amide bonds. The summed E-state index contributed by atoms with van der Waals surface area (Å²) in [5.41, 5.74) is 3.65. The number of carbonyl (C=O) groups excluding carboxylic acids is 1. The predicted octanol–water partition coefficient (Wildman–Crippen LogP) is 2.85. The van der Waals surface area contributed by atoms with Gasteiger partial charge >= 0.3 is 0 Å². The molecular weight excluding hydrogens is 264 g/mol. The van der Waals surface area contributed by atoms with Crippen LogP contribution >= 0.6 is 0 Å². The van der Waals surface area contributed by atoms with Crippen molar-refractivity contribution in [3.8, 4) is 0 Å². The van der Waals surface area contributed by atoms with Crippen molar-refractivity contribution >= 4 is 17.2 Å². The molecule has 0 saturated heterocycles. The first-order chi connectivity index (χ1) is 10.1. The zero-order chi connectivity index (χ0) is 14.8. The Kier molecular flexibility index (Phi) is 3.39. The normalized spacial score (nSPS) is 10.8. The van der Waals surface area contributed by atoms with Crippen molar-refractivity contribution in [1.29, 1.82) is 0 Å². The highest BCUT2D eigenvalue weighted by atomic mass is 16.1. The van der Waals surface area contributed by atoms with E-state index in [1.165, 1.54) is 6.92 Å². The molecule has 0 bridgehead atoms. The maximum atomic E-state index is 11.2. The molecule has 0 aliphatic carbocycles. The van der Waals surface area contributed by atoms with E-state index in [-0.39, 0.29) is 5.78 Å². The fourth-order valence-corrected chi connectivity index (χ4v) is 2.17. The summed E-state index contributed by atoms with van der Waals surface area (Å²) in [6.45, 7) is 4.17. The molecule has 21 heavy (non-hydrogen) atoms. The first-order valence-electron chi connectivity index (χ1n) is 6.78. The molecule has 0 unspecified atom stereocenters. The van der Waals surface area contributed by atoms with Crippen LogP contribution in [0, 0.1) is 6.92 Å². The van der Waals surface area contributed by atoms with Crippen LogP contribution < -0.4 is 5.32 Å². The van der Waals surface area contributed by atoms with Gasteiger partial charge in [-0.2, -0.15) is 0 Å². The fourth-order valence-electron chi connectivity index (χ4n) is 2.17. The number of aryl methyl sites for hydroxylation is 1. The number of nitrogens with zero attached hydrogens (tertiary/aromatic N) is 3. The van der Waals surface area contributed by atoms with E-state index in [0.717, 1.165) is 22.9 Å². The molecule has 0 atom stereocenters. The molecule has 5 nitrogen and oxygen atoms in total. The lowest BCUT2D eigenvalue weighted by Gasteiger charge is -2.03. The van der Waals surface area contributed by atoms with Crippen LogP contribution in [0.2, 0.25) is 0 Å². The summed E-state index contributed by atoms with van der Waals surface area (Å²) in [5.74, 6) is 0.749. The van der Waals surface area contributed by atoms with E-state index in [0.29, 0.717) is 12.1 Å². The molecule has 5 heteroatoms.